The molecule has 0 atom stereocenters. The maximum atomic E-state index is 6.21. The molecule has 0 saturated heterocycles. The van der Waals surface area contributed by atoms with Crippen molar-refractivity contribution in [3.05, 3.63) is 30.3 Å². The minimum Gasteiger partial charge on any atom is -0.388 e. The van der Waals surface area contributed by atoms with Crippen LogP contribution >= 0.6 is 0 Å². The molecule has 0 spiro atoms. The molecule has 0 radical (unpaired) electrons. The van der Waals surface area contributed by atoms with Gasteiger partial charge in [0.1, 0.15) is 0 Å². The van der Waals surface area contributed by atoms with Gasteiger partial charge in [-0.2, -0.15) is 0 Å². The third kappa shape index (κ3) is 4.21. The van der Waals surface area contributed by atoms with E-state index in [2.05, 4.69) is 12.1 Å². The SMILES string of the molecule is CC(C)O[Si](CCN)(OC(C)C)c1ccccc1. The summed E-state index contributed by atoms with van der Waals surface area (Å²) in [5, 5.41) is 1.16. The van der Waals surface area contributed by atoms with Gasteiger partial charge in [0.25, 0.3) is 0 Å². The van der Waals surface area contributed by atoms with Crippen LogP contribution in [0.2, 0.25) is 6.04 Å². The summed E-state index contributed by atoms with van der Waals surface area (Å²) in [6, 6.07) is 11.0. The van der Waals surface area contributed by atoms with Crippen LogP contribution in [-0.4, -0.2) is 27.3 Å². The van der Waals surface area contributed by atoms with Crippen LogP contribution in [0, 0.1) is 0 Å². The third-order valence-corrected chi connectivity index (χ3v) is 6.40. The lowest BCUT2D eigenvalue weighted by molar-refractivity contribution is 0.115. The Morgan fingerprint density at radius 1 is 1.00 bits per heavy atom. The second-order valence-corrected chi connectivity index (χ2v) is 8.05. The first-order valence-corrected chi connectivity index (χ1v) is 8.64. The molecule has 1 rings (SSSR count). The summed E-state index contributed by atoms with van der Waals surface area (Å²) < 4.78 is 12.4. The monoisotopic (exact) mass is 267 g/mol. The van der Waals surface area contributed by atoms with Crippen molar-refractivity contribution in [2.75, 3.05) is 6.54 Å². The number of hydrogen-bond donors (Lipinski definition) is 1. The molecule has 0 aliphatic carbocycles. The number of benzene rings is 1. The maximum Gasteiger partial charge on any atom is 0.374 e. The standard InChI is InChI=1S/C14H25NO2Si/c1-12(2)16-18(11-10-15,17-13(3)4)14-8-6-5-7-9-14/h5-9,12-13H,10-11,15H2,1-4H3. The van der Waals surface area contributed by atoms with Crippen LogP contribution in [0.4, 0.5) is 0 Å². The lowest BCUT2D eigenvalue weighted by Gasteiger charge is -2.34. The van der Waals surface area contributed by atoms with Gasteiger partial charge in [-0.15, -0.1) is 0 Å². The van der Waals surface area contributed by atoms with Crippen LogP contribution < -0.4 is 10.9 Å². The lowest BCUT2D eigenvalue weighted by atomic mass is 10.4. The minimum absolute atomic E-state index is 0.141. The van der Waals surface area contributed by atoms with Crippen LogP contribution in [0.15, 0.2) is 30.3 Å². The summed E-state index contributed by atoms with van der Waals surface area (Å²) in [5.74, 6) is 0. The molecule has 0 aromatic heterocycles. The Labute approximate surface area is 112 Å². The third-order valence-electron chi connectivity index (χ3n) is 2.54. The predicted molar refractivity (Wildman–Crippen MR) is 78.1 cm³/mol. The summed E-state index contributed by atoms with van der Waals surface area (Å²) in [6.07, 6.45) is 0.282. The van der Waals surface area contributed by atoms with E-state index in [1.165, 1.54) is 0 Å². The Hall–Kier alpha value is -0.683. The van der Waals surface area contributed by atoms with E-state index in [9.17, 15) is 0 Å². The predicted octanol–water partition coefficient (Wildman–Crippen LogP) is 2.14. The number of rotatable bonds is 7. The van der Waals surface area contributed by atoms with Crippen molar-refractivity contribution in [1.82, 2.24) is 0 Å². The van der Waals surface area contributed by atoms with E-state index in [1.54, 1.807) is 0 Å². The maximum absolute atomic E-state index is 6.21. The van der Waals surface area contributed by atoms with Gasteiger partial charge < -0.3 is 14.6 Å². The van der Waals surface area contributed by atoms with E-state index >= 15 is 0 Å². The Morgan fingerprint density at radius 3 is 1.89 bits per heavy atom. The molecule has 18 heavy (non-hydrogen) atoms. The van der Waals surface area contributed by atoms with Gasteiger partial charge in [0.2, 0.25) is 0 Å². The molecule has 1 aromatic rings. The highest BCUT2D eigenvalue weighted by Gasteiger charge is 2.41. The fourth-order valence-electron chi connectivity index (χ4n) is 2.07. The first-order chi connectivity index (χ1) is 8.50. The minimum atomic E-state index is -2.42. The second kappa shape index (κ2) is 7.04. The van der Waals surface area contributed by atoms with E-state index in [1.807, 2.05) is 45.9 Å². The van der Waals surface area contributed by atoms with Crippen LogP contribution in [0.1, 0.15) is 27.7 Å². The van der Waals surface area contributed by atoms with Gasteiger partial charge in [-0.05, 0) is 39.4 Å². The van der Waals surface area contributed by atoms with Crippen LogP contribution in [0.25, 0.3) is 0 Å². The van der Waals surface area contributed by atoms with Crippen LogP contribution in [0.3, 0.4) is 0 Å². The van der Waals surface area contributed by atoms with Gasteiger partial charge in [0, 0.05) is 18.3 Å². The van der Waals surface area contributed by atoms with Crippen molar-refractivity contribution in [2.24, 2.45) is 5.73 Å². The Balaban J connectivity index is 3.10. The quantitative estimate of drug-likeness (QED) is 0.770. The van der Waals surface area contributed by atoms with Gasteiger partial charge >= 0.3 is 8.56 Å². The first kappa shape index (κ1) is 15.4. The summed E-state index contributed by atoms with van der Waals surface area (Å²) in [7, 11) is -2.42. The van der Waals surface area contributed by atoms with Crippen molar-refractivity contribution >= 4 is 13.7 Å². The molecule has 0 heterocycles. The number of nitrogens with two attached hydrogens (primary N) is 1. The summed E-state index contributed by atoms with van der Waals surface area (Å²) >= 11 is 0. The Kier molecular flexibility index (Phi) is 6.01. The van der Waals surface area contributed by atoms with Crippen molar-refractivity contribution in [3.63, 3.8) is 0 Å². The topological polar surface area (TPSA) is 44.5 Å². The van der Waals surface area contributed by atoms with E-state index in [0.29, 0.717) is 6.54 Å². The van der Waals surface area contributed by atoms with E-state index in [-0.39, 0.29) is 12.2 Å². The molecule has 0 saturated carbocycles. The summed E-state index contributed by atoms with van der Waals surface area (Å²) in [6.45, 7) is 8.77. The fraction of sp³-hybridized carbons (Fsp3) is 0.571. The van der Waals surface area contributed by atoms with Crippen LogP contribution in [0.5, 0.6) is 0 Å². The Morgan fingerprint density at radius 2 is 1.50 bits per heavy atom. The highest BCUT2D eigenvalue weighted by molar-refractivity contribution is 6.81. The zero-order valence-corrected chi connectivity index (χ0v) is 12.8. The van der Waals surface area contributed by atoms with E-state index < -0.39 is 8.56 Å². The molecular formula is C14H25NO2Si. The average Bonchev–Trinajstić information content (AvgIpc) is 2.28. The average molecular weight is 267 g/mol. The van der Waals surface area contributed by atoms with Crippen molar-refractivity contribution < 1.29 is 8.85 Å². The van der Waals surface area contributed by atoms with Crippen LogP contribution in [-0.2, 0) is 8.85 Å². The molecular weight excluding hydrogens is 242 g/mol. The van der Waals surface area contributed by atoms with Crippen molar-refractivity contribution in [2.45, 2.75) is 45.9 Å². The van der Waals surface area contributed by atoms with Gasteiger partial charge in [-0.1, -0.05) is 30.3 Å². The van der Waals surface area contributed by atoms with Gasteiger partial charge in [0.05, 0.1) is 0 Å². The molecule has 0 amide bonds. The normalized spacial score (nSPS) is 12.4. The molecule has 0 aliphatic heterocycles. The molecule has 4 heteroatoms. The van der Waals surface area contributed by atoms with Crippen molar-refractivity contribution in [1.29, 1.82) is 0 Å². The highest BCUT2D eigenvalue weighted by atomic mass is 28.4. The van der Waals surface area contributed by atoms with E-state index in [0.717, 1.165) is 11.2 Å². The zero-order chi connectivity index (χ0) is 13.6. The highest BCUT2D eigenvalue weighted by Crippen LogP contribution is 2.18. The molecule has 0 aliphatic rings. The smallest absolute Gasteiger partial charge is 0.374 e. The number of hydrogen-bond acceptors (Lipinski definition) is 3. The van der Waals surface area contributed by atoms with Gasteiger partial charge in [-0.3, -0.25) is 0 Å². The molecule has 0 unspecified atom stereocenters. The summed E-state index contributed by atoms with van der Waals surface area (Å²) in [4.78, 5) is 0. The van der Waals surface area contributed by atoms with Crippen molar-refractivity contribution in [3.8, 4) is 0 Å². The fourth-order valence-corrected chi connectivity index (χ4v) is 5.53. The second-order valence-electron chi connectivity index (χ2n) is 4.99. The lowest BCUT2D eigenvalue weighted by Crippen LogP contribution is -2.57. The molecule has 3 nitrogen and oxygen atoms in total. The zero-order valence-electron chi connectivity index (χ0n) is 11.8. The molecule has 102 valence electrons. The summed E-state index contributed by atoms with van der Waals surface area (Å²) in [5.41, 5.74) is 5.78. The van der Waals surface area contributed by atoms with Gasteiger partial charge in [0.15, 0.2) is 0 Å². The first-order valence-electron chi connectivity index (χ1n) is 6.61. The largest absolute Gasteiger partial charge is 0.388 e. The Bertz CT molecular complexity index is 331. The molecule has 2 N–H and O–H groups in total. The molecule has 0 bridgehead atoms. The van der Waals surface area contributed by atoms with E-state index in [4.69, 9.17) is 14.6 Å². The molecule has 1 aromatic carbocycles. The molecule has 0 fully saturated rings. The van der Waals surface area contributed by atoms with Gasteiger partial charge in [-0.25, -0.2) is 0 Å².